The van der Waals surface area contributed by atoms with Crippen LogP contribution in [0.4, 0.5) is 14.5 Å². The number of halogens is 2. The first-order chi connectivity index (χ1) is 11.8. The Morgan fingerprint density at radius 2 is 1.56 bits per heavy atom. The van der Waals surface area contributed by atoms with Crippen molar-refractivity contribution in [3.8, 4) is 11.5 Å². The van der Waals surface area contributed by atoms with Crippen molar-refractivity contribution in [1.29, 1.82) is 0 Å². The standard InChI is InChI=1S/C15H15F2NO4S.C2H6/c1-9-11(16)5-6-12(15(9)17)18-23(19,20)10-4-7-13(21-2)14(8-10)22-3;1-2/h4-8,18H,1-3H3;1-2H3. The zero-order valence-corrected chi connectivity index (χ0v) is 15.5. The molecule has 0 spiro atoms. The first-order valence-corrected chi connectivity index (χ1v) is 8.98. The van der Waals surface area contributed by atoms with E-state index < -0.39 is 21.7 Å². The number of rotatable bonds is 5. The number of hydrogen-bond donors (Lipinski definition) is 1. The molecule has 0 unspecified atom stereocenters. The summed E-state index contributed by atoms with van der Waals surface area (Å²) in [5, 5.41) is 0. The van der Waals surface area contributed by atoms with Gasteiger partial charge in [0.15, 0.2) is 17.3 Å². The van der Waals surface area contributed by atoms with Gasteiger partial charge in [-0.2, -0.15) is 0 Å². The molecule has 2 rings (SSSR count). The number of nitrogens with one attached hydrogen (secondary N) is 1. The molecule has 1 N–H and O–H groups in total. The number of anilines is 1. The van der Waals surface area contributed by atoms with Crippen LogP contribution in [0, 0.1) is 18.6 Å². The third-order valence-electron chi connectivity index (χ3n) is 3.23. The van der Waals surface area contributed by atoms with E-state index in [-0.39, 0.29) is 21.9 Å². The topological polar surface area (TPSA) is 64.6 Å². The monoisotopic (exact) mass is 373 g/mol. The fourth-order valence-electron chi connectivity index (χ4n) is 1.93. The molecule has 0 bridgehead atoms. The molecule has 138 valence electrons. The van der Waals surface area contributed by atoms with Gasteiger partial charge in [-0.3, -0.25) is 4.72 Å². The summed E-state index contributed by atoms with van der Waals surface area (Å²) in [5.41, 5.74) is -0.601. The fourth-order valence-corrected chi connectivity index (χ4v) is 3.00. The lowest BCUT2D eigenvalue weighted by molar-refractivity contribution is 0.354. The maximum Gasteiger partial charge on any atom is 0.262 e. The highest BCUT2D eigenvalue weighted by Crippen LogP contribution is 2.30. The van der Waals surface area contributed by atoms with Gasteiger partial charge in [0.2, 0.25) is 0 Å². The lowest BCUT2D eigenvalue weighted by Gasteiger charge is -2.13. The van der Waals surface area contributed by atoms with Crippen LogP contribution in [0.5, 0.6) is 11.5 Å². The van der Waals surface area contributed by atoms with Crippen LogP contribution < -0.4 is 14.2 Å². The molecule has 2 aromatic carbocycles. The van der Waals surface area contributed by atoms with Crippen molar-refractivity contribution in [2.45, 2.75) is 25.7 Å². The fraction of sp³-hybridized carbons (Fsp3) is 0.294. The van der Waals surface area contributed by atoms with Gasteiger partial charge in [-0.1, -0.05) is 13.8 Å². The highest BCUT2D eigenvalue weighted by atomic mass is 32.2. The Bertz CT molecular complexity index is 839. The summed E-state index contributed by atoms with van der Waals surface area (Å²) in [6, 6.07) is 5.97. The van der Waals surface area contributed by atoms with Crippen LogP contribution >= 0.6 is 0 Å². The summed E-state index contributed by atoms with van der Waals surface area (Å²) < 4.78 is 64.1. The number of hydrogen-bond acceptors (Lipinski definition) is 4. The molecule has 0 aromatic heterocycles. The Morgan fingerprint density at radius 3 is 2.12 bits per heavy atom. The van der Waals surface area contributed by atoms with Crippen molar-refractivity contribution in [3.63, 3.8) is 0 Å². The third-order valence-corrected chi connectivity index (χ3v) is 4.59. The highest BCUT2D eigenvalue weighted by molar-refractivity contribution is 7.92. The van der Waals surface area contributed by atoms with Crippen molar-refractivity contribution in [2.75, 3.05) is 18.9 Å². The molecule has 5 nitrogen and oxygen atoms in total. The number of ether oxygens (including phenoxy) is 2. The van der Waals surface area contributed by atoms with E-state index in [0.717, 1.165) is 12.1 Å². The average molecular weight is 373 g/mol. The Kier molecular flexibility index (Phi) is 7.17. The highest BCUT2D eigenvalue weighted by Gasteiger charge is 2.20. The Balaban J connectivity index is 0.00000151. The molecule has 0 aliphatic rings. The first kappa shape index (κ1) is 20.7. The van der Waals surface area contributed by atoms with E-state index in [0.29, 0.717) is 5.75 Å². The molecule has 0 aliphatic carbocycles. The quantitative estimate of drug-likeness (QED) is 0.856. The Morgan fingerprint density at radius 1 is 0.960 bits per heavy atom. The molecular formula is C17H21F2NO4S. The zero-order valence-electron chi connectivity index (χ0n) is 14.7. The maximum absolute atomic E-state index is 14.0. The molecular weight excluding hydrogens is 352 g/mol. The summed E-state index contributed by atoms with van der Waals surface area (Å²) in [5.74, 6) is -1.15. The van der Waals surface area contributed by atoms with Gasteiger partial charge in [0.05, 0.1) is 24.8 Å². The van der Waals surface area contributed by atoms with Crippen molar-refractivity contribution in [2.24, 2.45) is 0 Å². The smallest absolute Gasteiger partial charge is 0.262 e. The van der Waals surface area contributed by atoms with E-state index in [4.69, 9.17) is 9.47 Å². The largest absolute Gasteiger partial charge is 0.493 e. The lowest BCUT2D eigenvalue weighted by atomic mass is 10.2. The lowest BCUT2D eigenvalue weighted by Crippen LogP contribution is -2.14. The van der Waals surface area contributed by atoms with Gasteiger partial charge < -0.3 is 9.47 Å². The van der Waals surface area contributed by atoms with Crippen LogP contribution in [-0.2, 0) is 10.0 Å². The first-order valence-electron chi connectivity index (χ1n) is 7.49. The second-order valence-corrected chi connectivity index (χ2v) is 6.34. The Hall–Kier alpha value is -2.35. The predicted octanol–water partition coefficient (Wildman–Crippen LogP) is 4.12. The van der Waals surface area contributed by atoms with E-state index >= 15 is 0 Å². The molecule has 0 radical (unpaired) electrons. The zero-order chi connectivity index (χ0) is 19.2. The van der Waals surface area contributed by atoms with Crippen molar-refractivity contribution in [3.05, 3.63) is 47.5 Å². The Labute approximate surface area is 146 Å². The van der Waals surface area contributed by atoms with Gasteiger partial charge >= 0.3 is 0 Å². The van der Waals surface area contributed by atoms with Crippen molar-refractivity contribution >= 4 is 15.7 Å². The number of sulfonamides is 1. The van der Waals surface area contributed by atoms with Crippen LogP contribution in [0.25, 0.3) is 0 Å². The van der Waals surface area contributed by atoms with Gasteiger partial charge in [0.1, 0.15) is 5.82 Å². The third kappa shape index (κ3) is 4.60. The average Bonchev–Trinajstić information content (AvgIpc) is 2.63. The molecule has 0 aliphatic heterocycles. The van der Waals surface area contributed by atoms with Crippen LogP contribution in [0.1, 0.15) is 19.4 Å². The predicted molar refractivity (Wildman–Crippen MR) is 92.8 cm³/mol. The molecule has 0 heterocycles. The van der Waals surface area contributed by atoms with Gasteiger partial charge in [0, 0.05) is 11.6 Å². The van der Waals surface area contributed by atoms with Crippen LogP contribution in [0.15, 0.2) is 35.2 Å². The summed E-state index contributed by atoms with van der Waals surface area (Å²) >= 11 is 0. The normalized spacial score (nSPS) is 10.5. The maximum atomic E-state index is 14.0. The molecule has 0 saturated heterocycles. The number of benzene rings is 2. The minimum atomic E-state index is -4.07. The molecule has 8 heteroatoms. The molecule has 0 saturated carbocycles. The minimum Gasteiger partial charge on any atom is -0.493 e. The summed E-state index contributed by atoms with van der Waals surface area (Å²) in [4.78, 5) is -0.142. The van der Waals surface area contributed by atoms with Crippen molar-refractivity contribution < 1.29 is 26.7 Å². The van der Waals surface area contributed by atoms with E-state index in [1.54, 1.807) is 0 Å². The second kappa shape index (κ2) is 8.66. The van der Waals surface area contributed by atoms with Crippen LogP contribution in [0.3, 0.4) is 0 Å². The van der Waals surface area contributed by atoms with E-state index in [1.165, 1.54) is 39.3 Å². The van der Waals surface area contributed by atoms with E-state index in [2.05, 4.69) is 4.72 Å². The SMILES string of the molecule is CC.COc1ccc(S(=O)(=O)Nc2ccc(F)c(C)c2F)cc1OC. The van der Waals surface area contributed by atoms with Gasteiger partial charge in [-0.25, -0.2) is 17.2 Å². The molecule has 0 atom stereocenters. The molecule has 25 heavy (non-hydrogen) atoms. The van der Waals surface area contributed by atoms with Gasteiger partial charge in [-0.15, -0.1) is 0 Å². The molecule has 2 aromatic rings. The number of methoxy groups -OCH3 is 2. The molecule has 0 amide bonds. The summed E-state index contributed by atoms with van der Waals surface area (Å²) in [7, 11) is -1.29. The van der Waals surface area contributed by atoms with E-state index in [1.807, 2.05) is 13.8 Å². The van der Waals surface area contributed by atoms with Crippen LogP contribution in [-0.4, -0.2) is 22.6 Å². The molecule has 0 fully saturated rings. The van der Waals surface area contributed by atoms with Gasteiger partial charge in [-0.05, 0) is 31.2 Å². The summed E-state index contributed by atoms with van der Waals surface area (Å²) in [6.07, 6.45) is 0. The van der Waals surface area contributed by atoms with Crippen molar-refractivity contribution in [1.82, 2.24) is 0 Å². The van der Waals surface area contributed by atoms with E-state index in [9.17, 15) is 17.2 Å². The van der Waals surface area contributed by atoms with Gasteiger partial charge in [0.25, 0.3) is 10.0 Å². The summed E-state index contributed by atoms with van der Waals surface area (Å²) in [6.45, 7) is 5.22. The minimum absolute atomic E-state index is 0.142. The van der Waals surface area contributed by atoms with Crippen LogP contribution in [0.2, 0.25) is 0 Å². The second-order valence-electron chi connectivity index (χ2n) is 4.66.